The first kappa shape index (κ1) is 38.3. The Morgan fingerprint density at radius 1 is 0.909 bits per heavy atom. The zero-order valence-corrected chi connectivity index (χ0v) is 30.6. The fraction of sp³-hybridized carbons (Fsp3) is 0.359. The van der Waals surface area contributed by atoms with Gasteiger partial charge in [0.2, 0.25) is 11.8 Å². The molecule has 6 rings (SSSR count). The second-order valence-electron chi connectivity index (χ2n) is 13.3. The topological polar surface area (TPSA) is 203 Å². The Kier molecular flexibility index (Phi) is 12.2. The minimum absolute atomic E-state index is 0.0253. The van der Waals surface area contributed by atoms with Crippen LogP contribution in [0.1, 0.15) is 57.2 Å². The van der Waals surface area contributed by atoms with Gasteiger partial charge in [0.05, 0.1) is 11.6 Å². The van der Waals surface area contributed by atoms with Gasteiger partial charge in [0.15, 0.2) is 6.61 Å². The fourth-order valence-electron chi connectivity index (χ4n) is 6.75. The van der Waals surface area contributed by atoms with Crippen molar-refractivity contribution in [3.8, 4) is 0 Å². The highest BCUT2D eigenvalue weighted by molar-refractivity contribution is 6.26. The first-order valence-corrected chi connectivity index (χ1v) is 18.2. The first-order valence-electron chi connectivity index (χ1n) is 18.2. The third-order valence-corrected chi connectivity index (χ3v) is 9.27. The van der Waals surface area contributed by atoms with E-state index >= 15 is 0 Å². The number of hydrogen-bond acceptors (Lipinski definition) is 11. The van der Waals surface area contributed by atoms with E-state index in [4.69, 9.17) is 9.68 Å². The Morgan fingerprint density at radius 2 is 1.64 bits per heavy atom. The van der Waals surface area contributed by atoms with E-state index in [2.05, 4.69) is 37.5 Å². The lowest BCUT2D eigenvalue weighted by atomic mass is 9.90. The van der Waals surface area contributed by atoms with Crippen molar-refractivity contribution in [2.24, 2.45) is 11.1 Å². The molecule has 1 aliphatic heterocycles. The molecule has 4 aromatic carbocycles. The molecule has 0 spiro atoms. The van der Waals surface area contributed by atoms with Gasteiger partial charge in [-0.25, -0.2) is 4.79 Å². The van der Waals surface area contributed by atoms with Gasteiger partial charge in [-0.3, -0.25) is 28.7 Å². The number of nitrogens with zero attached hydrogens (tertiary/aromatic N) is 5. The molecule has 1 saturated heterocycles. The number of aryl methyl sites for hydroxylation is 2. The smallest absolute Gasteiger partial charge is 0.333 e. The van der Waals surface area contributed by atoms with Crippen molar-refractivity contribution < 1.29 is 38.4 Å². The molecule has 286 valence electrons. The summed E-state index contributed by atoms with van der Waals surface area (Å²) in [7, 11) is 0. The molecule has 1 aliphatic rings. The molecular weight excluding hydrogens is 708 g/mol. The Labute approximate surface area is 315 Å². The highest BCUT2D eigenvalue weighted by atomic mass is 16.7. The number of hydrogen-bond donors (Lipinski definition) is 3. The SMILES string of the molecule is C/C=N/OCC(=O)NCCCn1cc(CCNC(=O)CC2CC(=O)N(OC(=O)CCCc3ccc4ccc5c(NC(C)=O)ccc6ccc3c4c65)C2=O)nn1. The summed E-state index contributed by atoms with van der Waals surface area (Å²) in [6.45, 7) is 4.20. The molecule has 5 aromatic rings. The molecule has 16 nitrogen and oxygen atoms in total. The number of anilines is 1. The van der Waals surface area contributed by atoms with Crippen LogP contribution in [-0.2, 0) is 57.8 Å². The highest BCUT2D eigenvalue weighted by Gasteiger charge is 2.42. The van der Waals surface area contributed by atoms with Gasteiger partial charge < -0.3 is 25.6 Å². The van der Waals surface area contributed by atoms with Crippen molar-refractivity contribution >= 4 is 79.7 Å². The first-order chi connectivity index (χ1) is 26.6. The van der Waals surface area contributed by atoms with Crippen molar-refractivity contribution in [3.05, 3.63) is 66.0 Å². The standard InChI is InChI=1S/C39H42N8O8/c1-3-42-54-23-34(50)40-17-5-19-46-22-29(44-45-46)16-18-41-33(49)20-28-21-35(51)47(39(28)53)55-36(52)7-4-6-25-8-9-26-11-14-31-32(43-24(2)48)15-12-27-10-13-30(25)37(26)38(27)31/h3,8-15,22,28H,4-7,16-21,23H2,1-2H3,(H,40,50)(H,41,49)(H,43,48)/b42-3+. The van der Waals surface area contributed by atoms with E-state index in [1.54, 1.807) is 17.8 Å². The summed E-state index contributed by atoms with van der Waals surface area (Å²) in [4.78, 5) is 84.4. The second kappa shape index (κ2) is 17.6. The molecule has 2 heterocycles. The predicted octanol–water partition coefficient (Wildman–Crippen LogP) is 3.57. The zero-order valence-electron chi connectivity index (χ0n) is 30.6. The Morgan fingerprint density at radius 3 is 2.42 bits per heavy atom. The van der Waals surface area contributed by atoms with Gasteiger partial charge in [-0.15, -0.1) is 10.2 Å². The van der Waals surface area contributed by atoms with Crippen LogP contribution in [0, 0.1) is 5.92 Å². The van der Waals surface area contributed by atoms with E-state index in [0.29, 0.717) is 49.5 Å². The van der Waals surface area contributed by atoms with Gasteiger partial charge in [0.1, 0.15) is 0 Å². The molecule has 1 aromatic heterocycles. The Balaban J connectivity index is 0.928. The number of carbonyl (C=O) groups excluding carboxylic acids is 6. The third kappa shape index (κ3) is 9.38. The number of oxime groups is 1. The number of hydroxylamine groups is 2. The van der Waals surface area contributed by atoms with Gasteiger partial charge in [-0.2, -0.15) is 0 Å². The molecular formula is C39H42N8O8. The molecule has 0 aliphatic carbocycles. The number of aromatic nitrogens is 3. The second-order valence-corrected chi connectivity index (χ2v) is 13.3. The average molecular weight is 751 g/mol. The average Bonchev–Trinajstić information content (AvgIpc) is 3.72. The lowest BCUT2D eigenvalue weighted by Crippen LogP contribution is -2.35. The number of imide groups is 1. The zero-order chi connectivity index (χ0) is 38.9. The maximum Gasteiger partial charge on any atom is 0.333 e. The van der Waals surface area contributed by atoms with E-state index in [0.717, 1.165) is 43.6 Å². The molecule has 1 unspecified atom stereocenters. The van der Waals surface area contributed by atoms with Gasteiger partial charge in [0.25, 0.3) is 17.7 Å². The van der Waals surface area contributed by atoms with Crippen LogP contribution in [0.2, 0.25) is 0 Å². The van der Waals surface area contributed by atoms with Crippen LogP contribution in [0.3, 0.4) is 0 Å². The maximum atomic E-state index is 12.9. The Bertz CT molecular complexity index is 2270. The minimum atomic E-state index is -0.934. The largest absolute Gasteiger partial charge is 0.386 e. The van der Waals surface area contributed by atoms with Crippen LogP contribution in [0.25, 0.3) is 32.3 Å². The third-order valence-electron chi connectivity index (χ3n) is 9.27. The number of rotatable bonds is 18. The van der Waals surface area contributed by atoms with Gasteiger partial charge >= 0.3 is 5.97 Å². The van der Waals surface area contributed by atoms with Crippen molar-refractivity contribution in [3.63, 3.8) is 0 Å². The summed E-state index contributed by atoms with van der Waals surface area (Å²) in [6.07, 6.45) is 4.69. The summed E-state index contributed by atoms with van der Waals surface area (Å²) in [5.74, 6) is -3.88. The molecule has 0 bridgehead atoms. The summed E-state index contributed by atoms with van der Waals surface area (Å²) in [6, 6.07) is 16.1. The molecule has 3 N–H and O–H groups in total. The number of amides is 5. The van der Waals surface area contributed by atoms with Crippen LogP contribution in [-0.4, -0.2) is 81.5 Å². The van der Waals surface area contributed by atoms with Crippen LogP contribution >= 0.6 is 0 Å². The van der Waals surface area contributed by atoms with Crippen LogP contribution in [0.15, 0.2) is 59.9 Å². The molecule has 0 saturated carbocycles. The summed E-state index contributed by atoms with van der Waals surface area (Å²) in [5, 5.41) is 26.8. The summed E-state index contributed by atoms with van der Waals surface area (Å²) >= 11 is 0. The van der Waals surface area contributed by atoms with E-state index in [1.807, 2.05) is 42.5 Å². The van der Waals surface area contributed by atoms with Crippen molar-refractivity contribution in [2.75, 3.05) is 25.0 Å². The van der Waals surface area contributed by atoms with Crippen LogP contribution < -0.4 is 16.0 Å². The van der Waals surface area contributed by atoms with Crippen molar-refractivity contribution in [1.29, 1.82) is 0 Å². The van der Waals surface area contributed by atoms with E-state index < -0.39 is 29.6 Å². The normalized spacial score (nSPS) is 14.4. The fourth-order valence-corrected chi connectivity index (χ4v) is 6.75. The van der Waals surface area contributed by atoms with Crippen molar-refractivity contribution in [2.45, 2.75) is 65.3 Å². The van der Waals surface area contributed by atoms with Crippen LogP contribution in [0.5, 0.6) is 0 Å². The molecule has 1 atom stereocenters. The molecule has 16 heteroatoms. The monoisotopic (exact) mass is 750 g/mol. The van der Waals surface area contributed by atoms with Gasteiger partial charge in [-0.05, 0) is 64.7 Å². The maximum absolute atomic E-state index is 12.9. The molecule has 0 radical (unpaired) electrons. The van der Waals surface area contributed by atoms with Gasteiger partial charge in [-0.1, -0.05) is 52.8 Å². The lowest BCUT2D eigenvalue weighted by molar-refractivity contribution is -0.198. The number of nitrogens with one attached hydrogen (secondary N) is 3. The number of carbonyl (C=O) groups is 6. The Hall–Kier alpha value is -6.45. The van der Waals surface area contributed by atoms with E-state index in [1.165, 1.54) is 13.1 Å². The molecule has 55 heavy (non-hydrogen) atoms. The molecule has 5 amide bonds. The summed E-state index contributed by atoms with van der Waals surface area (Å²) in [5.41, 5.74) is 2.43. The van der Waals surface area contributed by atoms with E-state index in [-0.39, 0.29) is 44.2 Å². The summed E-state index contributed by atoms with van der Waals surface area (Å²) < 4.78 is 1.64. The quantitative estimate of drug-likeness (QED) is 0.0391. The van der Waals surface area contributed by atoms with Crippen LogP contribution in [0.4, 0.5) is 5.69 Å². The molecule has 1 fully saturated rings. The minimum Gasteiger partial charge on any atom is -0.386 e. The lowest BCUT2D eigenvalue weighted by Gasteiger charge is -2.16. The highest BCUT2D eigenvalue weighted by Crippen LogP contribution is 2.39. The van der Waals surface area contributed by atoms with E-state index in [9.17, 15) is 28.8 Å². The van der Waals surface area contributed by atoms with Crippen molar-refractivity contribution in [1.82, 2.24) is 30.7 Å². The number of benzene rings is 4. The van der Waals surface area contributed by atoms with Gasteiger partial charge in [0, 0.05) is 75.7 Å². The predicted molar refractivity (Wildman–Crippen MR) is 203 cm³/mol.